The summed E-state index contributed by atoms with van der Waals surface area (Å²) in [6.07, 6.45) is 1.25. The molecule has 1 rings (SSSR count). The lowest BCUT2D eigenvalue weighted by molar-refractivity contribution is 0.114. The predicted molar refractivity (Wildman–Crippen MR) is 79.5 cm³/mol. The third kappa shape index (κ3) is 6.07. The minimum atomic E-state index is -0.483. The Bertz CT molecular complexity index is 368. The van der Waals surface area contributed by atoms with Crippen LogP contribution in [0.15, 0.2) is 17.5 Å². The summed E-state index contributed by atoms with van der Waals surface area (Å²) in [4.78, 5) is 12.9. The first kappa shape index (κ1) is 16.0. The summed E-state index contributed by atoms with van der Waals surface area (Å²) in [5.74, 6) is 0.198. The van der Waals surface area contributed by atoms with E-state index >= 15 is 0 Å². The molecule has 0 bridgehead atoms. The Morgan fingerprint density at radius 3 is 2.79 bits per heavy atom. The van der Waals surface area contributed by atoms with Gasteiger partial charge in [-0.15, -0.1) is 11.3 Å². The Morgan fingerprint density at radius 1 is 1.47 bits per heavy atom. The molecule has 0 saturated heterocycles. The second-order valence-electron chi connectivity index (χ2n) is 4.99. The van der Waals surface area contributed by atoms with E-state index in [1.54, 1.807) is 11.3 Å². The van der Waals surface area contributed by atoms with E-state index < -0.39 is 6.10 Å². The fraction of sp³-hybridized carbons (Fsp3) is 0.643. The van der Waals surface area contributed by atoms with Gasteiger partial charge in [-0.2, -0.15) is 0 Å². The number of amides is 2. The Kier molecular flexibility index (Phi) is 6.87. The van der Waals surface area contributed by atoms with Gasteiger partial charge in [-0.1, -0.05) is 26.3 Å². The monoisotopic (exact) mass is 284 g/mol. The van der Waals surface area contributed by atoms with Crippen LogP contribution >= 0.6 is 11.3 Å². The van der Waals surface area contributed by atoms with E-state index in [-0.39, 0.29) is 18.0 Å². The second kappa shape index (κ2) is 8.17. The molecular weight excluding hydrogens is 260 g/mol. The van der Waals surface area contributed by atoms with Crippen molar-refractivity contribution >= 4 is 17.4 Å². The van der Waals surface area contributed by atoms with Crippen LogP contribution in [0.4, 0.5) is 4.79 Å². The van der Waals surface area contributed by atoms with E-state index in [0.29, 0.717) is 6.54 Å². The molecule has 5 heteroatoms. The summed E-state index contributed by atoms with van der Waals surface area (Å²) in [6.45, 7) is 6.28. The van der Waals surface area contributed by atoms with Gasteiger partial charge in [0.1, 0.15) is 0 Å². The van der Waals surface area contributed by atoms with Crippen LogP contribution < -0.4 is 10.6 Å². The van der Waals surface area contributed by atoms with Crippen LogP contribution in [0.25, 0.3) is 0 Å². The van der Waals surface area contributed by atoms with E-state index in [0.717, 1.165) is 12.8 Å². The molecule has 1 aromatic heterocycles. The predicted octanol–water partition coefficient (Wildman–Crippen LogP) is 2.39. The number of thiophene rings is 1. The molecule has 0 aliphatic carbocycles. The highest BCUT2D eigenvalue weighted by Crippen LogP contribution is 2.10. The van der Waals surface area contributed by atoms with Crippen molar-refractivity contribution in [1.29, 1.82) is 0 Å². The average Bonchev–Trinajstić information content (AvgIpc) is 2.87. The maximum Gasteiger partial charge on any atom is 0.315 e. The highest BCUT2D eigenvalue weighted by atomic mass is 32.1. The zero-order chi connectivity index (χ0) is 14.3. The molecule has 108 valence electrons. The molecule has 0 fully saturated rings. The van der Waals surface area contributed by atoms with Crippen molar-refractivity contribution < 1.29 is 9.90 Å². The van der Waals surface area contributed by atoms with Gasteiger partial charge in [0.15, 0.2) is 0 Å². The van der Waals surface area contributed by atoms with Gasteiger partial charge in [-0.05, 0) is 24.3 Å². The van der Waals surface area contributed by atoms with E-state index in [2.05, 4.69) is 16.7 Å². The van der Waals surface area contributed by atoms with Crippen molar-refractivity contribution in [2.45, 2.75) is 45.8 Å². The molecule has 0 aromatic carbocycles. The number of nitrogens with one attached hydrogen (secondary N) is 2. The van der Waals surface area contributed by atoms with Gasteiger partial charge >= 0.3 is 6.03 Å². The van der Waals surface area contributed by atoms with Gasteiger partial charge in [-0.3, -0.25) is 0 Å². The van der Waals surface area contributed by atoms with Crippen molar-refractivity contribution in [2.24, 2.45) is 5.92 Å². The van der Waals surface area contributed by atoms with E-state index in [9.17, 15) is 9.90 Å². The minimum absolute atomic E-state index is 0.0828. The molecule has 1 heterocycles. The Hall–Kier alpha value is -1.07. The minimum Gasteiger partial charge on any atom is -0.391 e. The lowest BCUT2D eigenvalue weighted by Gasteiger charge is -2.19. The highest BCUT2D eigenvalue weighted by Gasteiger charge is 2.14. The zero-order valence-corrected chi connectivity index (χ0v) is 12.7. The van der Waals surface area contributed by atoms with Crippen LogP contribution in [0.2, 0.25) is 0 Å². The van der Waals surface area contributed by atoms with E-state index in [1.807, 2.05) is 32.2 Å². The molecule has 3 unspecified atom stereocenters. The van der Waals surface area contributed by atoms with Gasteiger partial charge in [0.2, 0.25) is 0 Å². The van der Waals surface area contributed by atoms with Crippen molar-refractivity contribution in [3.05, 3.63) is 22.4 Å². The molecule has 1 aromatic rings. The van der Waals surface area contributed by atoms with E-state index in [1.165, 1.54) is 4.88 Å². The molecule has 0 saturated carbocycles. The number of aliphatic hydroxyl groups is 1. The molecule has 0 aliphatic heterocycles. The van der Waals surface area contributed by atoms with Gasteiger partial charge < -0.3 is 15.7 Å². The highest BCUT2D eigenvalue weighted by molar-refractivity contribution is 7.09. The van der Waals surface area contributed by atoms with Crippen LogP contribution in [0, 0.1) is 5.92 Å². The fourth-order valence-electron chi connectivity index (χ4n) is 1.73. The van der Waals surface area contributed by atoms with Crippen molar-refractivity contribution in [3.8, 4) is 0 Å². The van der Waals surface area contributed by atoms with E-state index in [4.69, 9.17) is 0 Å². The summed E-state index contributed by atoms with van der Waals surface area (Å²) in [7, 11) is 0. The fourth-order valence-corrected chi connectivity index (χ4v) is 2.56. The molecule has 3 atom stereocenters. The summed E-state index contributed by atoms with van der Waals surface area (Å²) >= 11 is 1.69. The van der Waals surface area contributed by atoms with Gasteiger partial charge in [0.05, 0.1) is 6.10 Å². The summed E-state index contributed by atoms with van der Waals surface area (Å²) < 4.78 is 0. The van der Waals surface area contributed by atoms with Crippen LogP contribution in [0.5, 0.6) is 0 Å². The number of carbonyl (C=O) groups is 1. The molecule has 0 radical (unpaired) electrons. The van der Waals surface area contributed by atoms with Crippen LogP contribution in [0.3, 0.4) is 0 Å². The lowest BCUT2D eigenvalue weighted by Crippen LogP contribution is -2.45. The van der Waals surface area contributed by atoms with Crippen LogP contribution in [-0.2, 0) is 6.42 Å². The molecule has 2 amide bonds. The molecule has 0 aliphatic rings. The topological polar surface area (TPSA) is 61.4 Å². The quantitative estimate of drug-likeness (QED) is 0.720. The Balaban J connectivity index is 2.23. The molecule has 0 spiro atoms. The second-order valence-corrected chi connectivity index (χ2v) is 6.02. The first-order chi connectivity index (χ1) is 9.02. The van der Waals surface area contributed by atoms with Gasteiger partial charge in [0, 0.05) is 23.9 Å². The van der Waals surface area contributed by atoms with Crippen LogP contribution in [-0.4, -0.2) is 29.8 Å². The molecule has 19 heavy (non-hydrogen) atoms. The number of hydrogen-bond donors (Lipinski definition) is 3. The first-order valence-corrected chi connectivity index (χ1v) is 7.65. The number of rotatable bonds is 7. The maximum atomic E-state index is 11.7. The standard InChI is InChI=1S/C14H24N2O2S/c1-4-10(2)13(17)9-15-14(18)16-11(3)8-12-6-5-7-19-12/h5-7,10-11,13,17H,4,8-9H2,1-3H3,(H2,15,16,18). The first-order valence-electron chi connectivity index (χ1n) is 6.77. The SMILES string of the molecule is CCC(C)C(O)CNC(=O)NC(C)Cc1cccs1. The summed E-state index contributed by atoms with van der Waals surface area (Å²) in [5, 5.41) is 17.4. The van der Waals surface area contributed by atoms with Gasteiger partial charge in [0.25, 0.3) is 0 Å². The van der Waals surface area contributed by atoms with Crippen molar-refractivity contribution in [3.63, 3.8) is 0 Å². The zero-order valence-electron chi connectivity index (χ0n) is 11.8. The summed E-state index contributed by atoms with van der Waals surface area (Å²) in [5.41, 5.74) is 0. The number of urea groups is 1. The number of hydrogen-bond acceptors (Lipinski definition) is 3. The lowest BCUT2D eigenvalue weighted by atomic mass is 10.0. The molecule has 3 N–H and O–H groups in total. The normalized spacial score (nSPS) is 15.6. The number of aliphatic hydroxyl groups excluding tert-OH is 1. The maximum absolute atomic E-state index is 11.7. The third-order valence-electron chi connectivity index (χ3n) is 3.24. The summed E-state index contributed by atoms with van der Waals surface area (Å²) in [6, 6.07) is 3.94. The average molecular weight is 284 g/mol. The Morgan fingerprint density at radius 2 is 2.21 bits per heavy atom. The number of carbonyl (C=O) groups excluding carboxylic acids is 1. The van der Waals surface area contributed by atoms with Crippen molar-refractivity contribution in [2.75, 3.05) is 6.54 Å². The largest absolute Gasteiger partial charge is 0.391 e. The molecule has 4 nitrogen and oxygen atoms in total. The van der Waals surface area contributed by atoms with Crippen LogP contribution in [0.1, 0.15) is 32.1 Å². The molecular formula is C14H24N2O2S. The van der Waals surface area contributed by atoms with Crippen molar-refractivity contribution in [1.82, 2.24) is 10.6 Å². The smallest absolute Gasteiger partial charge is 0.315 e. The Labute approximate surface area is 119 Å². The third-order valence-corrected chi connectivity index (χ3v) is 4.14. The van der Waals surface area contributed by atoms with Gasteiger partial charge in [-0.25, -0.2) is 4.79 Å².